The second-order valence-electron chi connectivity index (χ2n) is 8.62. The monoisotopic (exact) mass is 490 g/mol. The van der Waals surface area contributed by atoms with Crippen LogP contribution in [-0.2, 0) is 11.3 Å². The summed E-state index contributed by atoms with van der Waals surface area (Å²) in [6.07, 6.45) is 2.87. The summed E-state index contributed by atoms with van der Waals surface area (Å²) in [5.74, 6) is 0.467. The van der Waals surface area contributed by atoms with Crippen LogP contribution in [0.25, 0.3) is 0 Å². The summed E-state index contributed by atoms with van der Waals surface area (Å²) in [6.45, 7) is 0.689. The number of nitrogens with one attached hydrogen (secondary N) is 3. The predicted molar refractivity (Wildman–Crippen MR) is 129 cm³/mol. The van der Waals surface area contributed by atoms with Gasteiger partial charge in [-0.25, -0.2) is 0 Å². The molecule has 0 saturated carbocycles. The van der Waals surface area contributed by atoms with Gasteiger partial charge in [0.1, 0.15) is 11.9 Å². The molecule has 2 atom stereocenters. The van der Waals surface area contributed by atoms with E-state index in [1.165, 1.54) is 13.2 Å². The Morgan fingerprint density at radius 1 is 1.08 bits per heavy atom. The van der Waals surface area contributed by atoms with Crippen LogP contribution in [0.4, 0.5) is 0 Å². The molecule has 4 bridgehead atoms. The highest BCUT2D eigenvalue weighted by Gasteiger charge is 2.38. The molecule has 1 aromatic heterocycles. The first-order valence-corrected chi connectivity index (χ1v) is 11.6. The topological polar surface area (TPSA) is 122 Å². The zero-order valence-corrected chi connectivity index (χ0v) is 19.7. The van der Waals surface area contributed by atoms with Gasteiger partial charge < -0.3 is 34.7 Å². The number of amides is 3. The van der Waals surface area contributed by atoms with Gasteiger partial charge in [0.25, 0.3) is 17.7 Å². The Labute approximate surface area is 207 Å². The highest BCUT2D eigenvalue weighted by molar-refractivity contribution is 5.96. The van der Waals surface area contributed by atoms with Crippen molar-refractivity contribution in [3.05, 3.63) is 77.6 Å². The average molecular weight is 491 g/mol. The Morgan fingerprint density at radius 3 is 2.67 bits per heavy atom. The van der Waals surface area contributed by atoms with Crippen molar-refractivity contribution in [3.63, 3.8) is 0 Å². The van der Waals surface area contributed by atoms with Crippen molar-refractivity contribution in [2.75, 3.05) is 26.8 Å². The number of hydrogen-bond donors (Lipinski definition) is 3. The third-order valence-electron chi connectivity index (χ3n) is 6.20. The van der Waals surface area contributed by atoms with Gasteiger partial charge in [-0.3, -0.25) is 14.4 Å². The van der Waals surface area contributed by atoms with E-state index in [1.807, 2.05) is 12.1 Å². The first-order valence-electron chi connectivity index (χ1n) is 11.6. The lowest BCUT2D eigenvalue weighted by Gasteiger charge is -2.21. The maximum atomic E-state index is 13.2. The molecule has 3 aliphatic heterocycles. The van der Waals surface area contributed by atoms with Crippen molar-refractivity contribution in [1.82, 2.24) is 20.5 Å². The molecule has 0 unspecified atom stereocenters. The lowest BCUT2D eigenvalue weighted by atomic mass is 10.1. The second-order valence-corrected chi connectivity index (χ2v) is 8.62. The molecule has 3 aromatic rings. The molecule has 3 aliphatic rings. The van der Waals surface area contributed by atoms with Crippen molar-refractivity contribution in [2.24, 2.45) is 0 Å². The zero-order chi connectivity index (χ0) is 25.1. The molecule has 0 aliphatic carbocycles. The van der Waals surface area contributed by atoms with Gasteiger partial charge in [-0.1, -0.05) is 12.1 Å². The zero-order valence-electron chi connectivity index (χ0n) is 19.7. The summed E-state index contributed by atoms with van der Waals surface area (Å²) in [4.78, 5) is 43.0. The Balaban J connectivity index is 1.45. The SMILES string of the molecule is COc1ccc2cc1OCC(=O)NCc1ccc(cc1)O[C@H]1CN(C(=O)c3cc[nH]c3)C[C@@H]1NC2=O. The number of carbonyl (C=O) groups excluding carboxylic acids is 3. The van der Waals surface area contributed by atoms with Crippen molar-refractivity contribution < 1.29 is 28.6 Å². The summed E-state index contributed by atoms with van der Waals surface area (Å²) in [5.41, 5.74) is 1.76. The van der Waals surface area contributed by atoms with Gasteiger partial charge in [0.2, 0.25) is 0 Å². The fraction of sp³-hybridized carbons (Fsp3) is 0.269. The molecule has 0 radical (unpaired) electrons. The minimum atomic E-state index is -0.466. The quantitative estimate of drug-likeness (QED) is 0.503. The molecule has 1 fully saturated rings. The van der Waals surface area contributed by atoms with Gasteiger partial charge >= 0.3 is 0 Å². The van der Waals surface area contributed by atoms with Crippen molar-refractivity contribution >= 4 is 17.7 Å². The van der Waals surface area contributed by atoms with Crippen LogP contribution >= 0.6 is 0 Å². The molecule has 36 heavy (non-hydrogen) atoms. The van der Waals surface area contributed by atoms with Crippen LogP contribution in [0.3, 0.4) is 0 Å². The van der Waals surface area contributed by atoms with Crippen LogP contribution in [-0.4, -0.2) is 66.6 Å². The van der Waals surface area contributed by atoms with Crippen molar-refractivity contribution in [1.29, 1.82) is 0 Å². The van der Waals surface area contributed by atoms with E-state index in [0.29, 0.717) is 35.7 Å². The molecular weight excluding hydrogens is 464 g/mol. The molecule has 2 aromatic carbocycles. The lowest BCUT2D eigenvalue weighted by molar-refractivity contribution is -0.123. The highest BCUT2D eigenvalue weighted by Crippen LogP contribution is 2.29. The summed E-state index contributed by atoms with van der Waals surface area (Å²) < 4.78 is 17.2. The molecule has 1 saturated heterocycles. The molecule has 0 spiro atoms. The van der Waals surface area contributed by atoms with Crippen molar-refractivity contribution in [3.8, 4) is 17.2 Å². The van der Waals surface area contributed by atoms with Crippen LogP contribution in [0.2, 0.25) is 0 Å². The normalized spacial score (nSPS) is 19.9. The van der Waals surface area contributed by atoms with E-state index < -0.39 is 12.1 Å². The number of rotatable bonds is 2. The number of carbonyl (C=O) groups is 3. The van der Waals surface area contributed by atoms with E-state index in [1.54, 1.807) is 47.6 Å². The molecule has 3 amide bonds. The van der Waals surface area contributed by atoms with Gasteiger partial charge in [-0.15, -0.1) is 0 Å². The first kappa shape index (κ1) is 23.3. The van der Waals surface area contributed by atoms with Crippen molar-refractivity contribution in [2.45, 2.75) is 18.7 Å². The van der Waals surface area contributed by atoms with Crippen LogP contribution in [0, 0.1) is 0 Å². The van der Waals surface area contributed by atoms with E-state index in [-0.39, 0.29) is 36.6 Å². The Morgan fingerprint density at radius 2 is 1.92 bits per heavy atom. The number of ether oxygens (including phenoxy) is 3. The number of aromatic amines is 1. The summed E-state index contributed by atoms with van der Waals surface area (Å²) >= 11 is 0. The largest absolute Gasteiger partial charge is 0.493 e. The summed E-state index contributed by atoms with van der Waals surface area (Å²) in [5, 5.41) is 5.81. The number of fused-ring (bicyclic) bond motifs is 7. The molecule has 6 rings (SSSR count). The van der Waals surface area contributed by atoms with Gasteiger partial charge in [-0.2, -0.15) is 0 Å². The molecule has 10 nitrogen and oxygen atoms in total. The Kier molecular flexibility index (Phi) is 6.48. The third-order valence-corrected chi connectivity index (χ3v) is 6.20. The number of hydrogen-bond acceptors (Lipinski definition) is 6. The Bertz CT molecular complexity index is 1260. The number of methoxy groups -OCH3 is 1. The molecule has 10 heteroatoms. The fourth-order valence-electron chi connectivity index (χ4n) is 4.28. The minimum absolute atomic E-state index is 0.144. The maximum Gasteiger partial charge on any atom is 0.258 e. The van der Waals surface area contributed by atoms with Gasteiger partial charge in [0.05, 0.1) is 25.3 Å². The summed E-state index contributed by atoms with van der Waals surface area (Å²) in [7, 11) is 1.48. The third kappa shape index (κ3) is 4.97. The molecule has 3 N–H and O–H groups in total. The van der Waals surface area contributed by atoms with E-state index >= 15 is 0 Å². The Hall–Kier alpha value is -4.47. The standard InChI is InChI=1S/C26H26N4O6/c1-34-21-7-4-17-10-22(21)35-15-24(31)28-11-16-2-5-19(6-3-16)36-23-14-30(13-20(23)29-25(17)32)26(33)18-8-9-27-12-18/h2-10,12,20,23,27H,11,13-15H2,1H3,(H,28,31)(H,29,32)/t20-,23-/m0/s1. The van der Waals surface area contributed by atoms with E-state index in [0.717, 1.165) is 5.56 Å². The fourth-order valence-corrected chi connectivity index (χ4v) is 4.28. The van der Waals surface area contributed by atoms with E-state index in [2.05, 4.69) is 15.6 Å². The number of nitrogens with zero attached hydrogens (tertiary/aromatic N) is 1. The molecule has 4 heterocycles. The molecule has 186 valence electrons. The molecular formula is C26H26N4O6. The number of likely N-dealkylation sites (tertiary alicyclic amines) is 1. The van der Waals surface area contributed by atoms with Gasteiger partial charge in [-0.05, 0) is 42.0 Å². The lowest BCUT2D eigenvalue weighted by Crippen LogP contribution is -2.45. The smallest absolute Gasteiger partial charge is 0.258 e. The first-order chi connectivity index (χ1) is 17.5. The number of H-pyrrole nitrogens is 1. The number of aromatic nitrogens is 1. The van der Waals surface area contributed by atoms with E-state index in [9.17, 15) is 14.4 Å². The predicted octanol–water partition coefficient (Wildman–Crippen LogP) is 1.73. The maximum absolute atomic E-state index is 13.2. The minimum Gasteiger partial charge on any atom is -0.493 e. The average Bonchev–Trinajstić information content (AvgIpc) is 3.57. The summed E-state index contributed by atoms with van der Waals surface area (Å²) in [6, 6.07) is 13.3. The number of benzene rings is 2. The van der Waals surface area contributed by atoms with Crippen LogP contribution < -0.4 is 24.8 Å². The second kappa shape index (κ2) is 10.0. The highest BCUT2D eigenvalue weighted by atomic mass is 16.5. The van der Waals surface area contributed by atoms with E-state index in [4.69, 9.17) is 14.2 Å². The van der Waals surface area contributed by atoms with Crippen LogP contribution in [0.5, 0.6) is 17.2 Å². The van der Waals surface area contributed by atoms with Gasteiger partial charge in [0, 0.05) is 31.0 Å². The van der Waals surface area contributed by atoms with Crippen LogP contribution in [0.1, 0.15) is 26.3 Å². The van der Waals surface area contributed by atoms with Crippen LogP contribution in [0.15, 0.2) is 60.9 Å². The van der Waals surface area contributed by atoms with Gasteiger partial charge in [0.15, 0.2) is 18.1 Å².